The van der Waals surface area contributed by atoms with Crippen molar-refractivity contribution in [3.8, 4) is 0 Å². The lowest BCUT2D eigenvalue weighted by molar-refractivity contribution is -0.115. The molecule has 0 saturated heterocycles. The molecular weight excluding hydrogens is 426 g/mol. The van der Waals surface area contributed by atoms with Crippen LogP contribution in [-0.2, 0) is 22.4 Å². The summed E-state index contributed by atoms with van der Waals surface area (Å²) in [4.78, 5) is 27.4. The van der Waals surface area contributed by atoms with E-state index in [1.54, 1.807) is 11.8 Å². The van der Waals surface area contributed by atoms with Crippen LogP contribution in [0.4, 0.5) is 5.00 Å². The normalized spacial score (nSPS) is 15.2. The zero-order valence-corrected chi connectivity index (χ0v) is 19.1. The number of rotatable bonds is 7. The summed E-state index contributed by atoms with van der Waals surface area (Å²) in [5.74, 6) is 0.671. The predicted molar refractivity (Wildman–Crippen MR) is 127 cm³/mol. The molecule has 3 aromatic rings. The van der Waals surface area contributed by atoms with Crippen LogP contribution >= 0.6 is 23.1 Å². The summed E-state index contributed by atoms with van der Waals surface area (Å²) in [6.07, 6.45) is 3.07. The summed E-state index contributed by atoms with van der Waals surface area (Å²) in [6.45, 7) is 0. The molecule has 4 nitrogen and oxygen atoms in total. The lowest BCUT2D eigenvalue weighted by Gasteiger charge is -2.22. The monoisotopic (exact) mass is 451 g/mol. The fourth-order valence-corrected chi connectivity index (χ4v) is 6.17. The number of carbonyl (C=O) groups is 2. The van der Waals surface area contributed by atoms with Gasteiger partial charge in [-0.3, -0.25) is 4.79 Å². The molecule has 0 aliphatic heterocycles. The summed E-state index contributed by atoms with van der Waals surface area (Å²) in [6, 6.07) is 20.5. The number of methoxy groups -OCH3 is 1. The molecule has 1 unspecified atom stereocenters. The number of thiophene rings is 1. The third kappa shape index (κ3) is 5.20. The van der Waals surface area contributed by atoms with Gasteiger partial charge in [0.25, 0.3) is 0 Å². The van der Waals surface area contributed by atoms with Crippen molar-refractivity contribution in [2.75, 3.05) is 18.2 Å². The Balaban J connectivity index is 1.46. The number of nitrogens with one attached hydrogen (secondary N) is 1. The van der Waals surface area contributed by atoms with Gasteiger partial charge < -0.3 is 10.1 Å². The molecule has 0 bridgehead atoms. The van der Waals surface area contributed by atoms with Gasteiger partial charge in [-0.1, -0.05) is 48.5 Å². The first-order valence-electron chi connectivity index (χ1n) is 10.4. The second-order valence-corrected chi connectivity index (χ2v) is 9.78. The van der Waals surface area contributed by atoms with Gasteiger partial charge in [-0.25, -0.2) is 4.79 Å². The Morgan fingerprint density at radius 1 is 1.10 bits per heavy atom. The number of esters is 1. The standard InChI is InChI=1S/C25H25NO3S2/c1-29-25(28)23-20-13-12-18(17-8-4-2-5-9-17)16-21(20)31-24(23)26-22(27)14-15-30-19-10-6-3-7-11-19/h2-11,18H,12-16H2,1H3,(H,26,27). The summed E-state index contributed by atoms with van der Waals surface area (Å²) in [5, 5.41) is 3.61. The number of benzene rings is 2. The largest absolute Gasteiger partial charge is 0.465 e. The maximum absolute atomic E-state index is 12.6. The lowest BCUT2D eigenvalue weighted by atomic mass is 9.83. The van der Waals surface area contributed by atoms with Gasteiger partial charge in [-0.2, -0.15) is 0 Å². The quantitative estimate of drug-likeness (QED) is 0.357. The van der Waals surface area contributed by atoms with Gasteiger partial charge in [0.15, 0.2) is 0 Å². The Kier molecular flexibility index (Phi) is 7.10. The molecule has 6 heteroatoms. The number of hydrogen-bond donors (Lipinski definition) is 1. The number of carbonyl (C=O) groups excluding carboxylic acids is 2. The number of thioether (sulfide) groups is 1. The molecule has 0 spiro atoms. The lowest BCUT2D eigenvalue weighted by Crippen LogP contribution is -2.16. The predicted octanol–water partition coefficient (Wildman–Crippen LogP) is 5.93. The molecule has 2 aromatic carbocycles. The third-order valence-corrected chi connectivity index (χ3v) is 7.70. The van der Waals surface area contributed by atoms with Gasteiger partial charge in [0.1, 0.15) is 5.00 Å². The molecule has 1 heterocycles. The van der Waals surface area contributed by atoms with Crippen LogP contribution in [-0.4, -0.2) is 24.7 Å². The molecule has 1 amide bonds. The van der Waals surface area contributed by atoms with E-state index in [0.29, 0.717) is 28.7 Å². The molecule has 1 aliphatic carbocycles. The van der Waals surface area contributed by atoms with Gasteiger partial charge in [-0.15, -0.1) is 23.1 Å². The van der Waals surface area contributed by atoms with E-state index in [4.69, 9.17) is 4.74 Å². The Morgan fingerprint density at radius 3 is 2.52 bits per heavy atom. The summed E-state index contributed by atoms with van der Waals surface area (Å²) in [7, 11) is 1.39. The van der Waals surface area contributed by atoms with Gasteiger partial charge in [0.2, 0.25) is 5.91 Å². The van der Waals surface area contributed by atoms with E-state index in [1.807, 2.05) is 36.4 Å². The van der Waals surface area contributed by atoms with Crippen molar-refractivity contribution >= 4 is 40.0 Å². The van der Waals surface area contributed by atoms with Crippen LogP contribution in [0.3, 0.4) is 0 Å². The fourth-order valence-electron chi connectivity index (χ4n) is 3.97. The molecule has 0 saturated carbocycles. The maximum atomic E-state index is 12.6. The van der Waals surface area contributed by atoms with Crippen LogP contribution in [0.25, 0.3) is 0 Å². The highest BCUT2D eigenvalue weighted by Crippen LogP contribution is 2.42. The van der Waals surface area contributed by atoms with Crippen LogP contribution in [0.2, 0.25) is 0 Å². The molecule has 1 aliphatic rings. The number of ether oxygens (including phenoxy) is 1. The summed E-state index contributed by atoms with van der Waals surface area (Å²) in [5.41, 5.74) is 2.90. The van der Waals surface area contributed by atoms with Crippen molar-refractivity contribution in [2.24, 2.45) is 0 Å². The van der Waals surface area contributed by atoms with Crippen molar-refractivity contribution in [3.63, 3.8) is 0 Å². The van der Waals surface area contributed by atoms with Crippen molar-refractivity contribution in [3.05, 3.63) is 82.2 Å². The van der Waals surface area contributed by atoms with Crippen molar-refractivity contribution < 1.29 is 14.3 Å². The average molecular weight is 452 g/mol. The highest BCUT2D eigenvalue weighted by molar-refractivity contribution is 7.99. The minimum absolute atomic E-state index is 0.0770. The van der Waals surface area contributed by atoms with Gasteiger partial charge >= 0.3 is 5.97 Å². The Labute approximate surface area is 191 Å². The highest BCUT2D eigenvalue weighted by Gasteiger charge is 2.30. The van der Waals surface area contributed by atoms with E-state index >= 15 is 0 Å². The van der Waals surface area contributed by atoms with Crippen LogP contribution in [0.15, 0.2) is 65.6 Å². The van der Waals surface area contributed by atoms with Crippen LogP contribution in [0.5, 0.6) is 0 Å². The minimum atomic E-state index is -0.371. The first-order valence-corrected chi connectivity index (χ1v) is 12.2. The smallest absolute Gasteiger partial charge is 0.341 e. The molecule has 4 rings (SSSR count). The van der Waals surface area contributed by atoms with Crippen LogP contribution < -0.4 is 5.32 Å². The minimum Gasteiger partial charge on any atom is -0.465 e. The van der Waals surface area contributed by atoms with Gasteiger partial charge in [0.05, 0.1) is 12.7 Å². The molecule has 1 N–H and O–H groups in total. The highest BCUT2D eigenvalue weighted by atomic mass is 32.2. The fraction of sp³-hybridized carbons (Fsp3) is 0.280. The number of fused-ring (bicyclic) bond motifs is 1. The summed E-state index contributed by atoms with van der Waals surface area (Å²) < 4.78 is 5.05. The first-order chi connectivity index (χ1) is 15.2. The van der Waals surface area contributed by atoms with E-state index < -0.39 is 0 Å². The SMILES string of the molecule is COC(=O)c1c(NC(=O)CCSc2ccccc2)sc2c1CCC(c1ccccc1)C2. The molecule has 1 atom stereocenters. The number of anilines is 1. The molecular formula is C25H25NO3S2. The van der Waals surface area contributed by atoms with Crippen LogP contribution in [0, 0.1) is 0 Å². The molecule has 160 valence electrons. The molecule has 0 radical (unpaired) electrons. The van der Waals surface area contributed by atoms with E-state index in [-0.39, 0.29) is 11.9 Å². The first kappa shape index (κ1) is 21.7. The topological polar surface area (TPSA) is 55.4 Å². The average Bonchev–Trinajstić information content (AvgIpc) is 3.16. The van der Waals surface area contributed by atoms with Gasteiger partial charge in [0, 0.05) is 21.9 Å². The second-order valence-electron chi connectivity index (χ2n) is 7.51. The van der Waals surface area contributed by atoms with Crippen molar-refractivity contribution in [1.82, 2.24) is 0 Å². The molecule has 31 heavy (non-hydrogen) atoms. The Bertz CT molecular complexity index is 1050. The van der Waals surface area contributed by atoms with E-state index in [0.717, 1.165) is 29.7 Å². The number of amides is 1. The Hall–Kier alpha value is -2.57. The Morgan fingerprint density at radius 2 is 1.81 bits per heavy atom. The van der Waals surface area contributed by atoms with Crippen molar-refractivity contribution in [1.29, 1.82) is 0 Å². The van der Waals surface area contributed by atoms with E-state index in [1.165, 1.54) is 28.9 Å². The van der Waals surface area contributed by atoms with Crippen LogP contribution in [0.1, 0.15) is 45.1 Å². The van der Waals surface area contributed by atoms with E-state index in [9.17, 15) is 9.59 Å². The molecule has 1 aromatic heterocycles. The van der Waals surface area contributed by atoms with Gasteiger partial charge in [-0.05, 0) is 48.4 Å². The maximum Gasteiger partial charge on any atom is 0.341 e. The molecule has 0 fully saturated rings. The zero-order valence-electron chi connectivity index (χ0n) is 17.4. The second kappa shape index (κ2) is 10.2. The van der Waals surface area contributed by atoms with E-state index in [2.05, 4.69) is 29.6 Å². The number of hydrogen-bond acceptors (Lipinski definition) is 5. The zero-order chi connectivity index (χ0) is 21.6. The third-order valence-electron chi connectivity index (χ3n) is 5.52. The van der Waals surface area contributed by atoms with Crippen molar-refractivity contribution in [2.45, 2.75) is 36.5 Å². The summed E-state index contributed by atoms with van der Waals surface area (Å²) >= 11 is 3.17.